The van der Waals surface area contributed by atoms with Crippen LogP contribution in [-0.2, 0) is 6.54 Å². The van der Waals surface area contributed by atoms with Crippen LogP contribution in [0, 0.1) is 0 Å². The molecule has 6 nitrogen and oxygen atoms in total. The van der Waals surface area contributed by atoms with E-state index in [1.54, 1.807) is 0 Å². The van der Waals surface area contributed by atoms with E-state index in [0.717, 1.165) is 0 Å². The van der Waals surface area contributed by atoms with Crippen LogP contribution in [0.3, 0.4) is 0 Å². The summed E-state index contributed by atoms with van der Waals surface area (Å²) >= 11 is 0. The van der Waals surface area contributed by atoms with Gasteiger partial charge in [-0.05, 0) is 42.5 Å². The van der Waals surface area contributed by atoms with Gasteiger partial charge in [0.2, 0.25) is 0 Å². The third kappa shape index (κ3) is 3.39. The maximum atomic E-state index is 11.7. The van der Waals surface area contributed by atoms with Crippen LogP contribution in [0.25, 0.3) is 0 Å². The molecule has 0 saturated heterocycles. The zero-order chi connectivity index (χ0) is 14.5. The quantitative estimate of drug-likeness (QED) is 0.426. The van der Waals surface area contributed by atoms with Crippen LogP contribution in [0.4, 0.5) is 0 Å². The summed E-state index contributed by atoms with van der Waals surface area (Å²) in [5, 5.41) is 28.0. The number of carbonyl (C=O) groups excluding carboxylic acids is 1. The van der Waals surface area contributed by atoms with Gasteiger partial charge in [-0.3, -0.25) is 10.2 Å². The largest absolute Gasteiger partial charge is 0.508 e. The molecule has 2 aromatic carbocycles. The minimum atomic E-state index is -0.371. The zero-order valence-corrected chi connectivity index (χ0v) is 10.5. The van der Waals surface area contributed by atoms with Crippen LogP contribution in [0.2, 0.25) is 0 Å². The number of hydrazine groups is 1. The van der Waals surface area contributed by atoms with E-state index in [1.165, 1.54) is 42.5 Å². The van der Waals surface area contributed by atoms with Crippen molar-refractivity contribution in [3.63, 3.8) is 0 Å². The molecule has 2 rings (SSSR count). The average molecular weight is 274 g/mol. The van der Waals surface area contributed by atoms with Crippen LogP contribution < -0.4 is 10.9 Å². The molecule has 0 aliphatic heterocycles. The molecule has 0 saturated carbocycles. The Hall–Kier alpha value is -2.73. The molecule has 20 heavy (non-hydrogen) atoms. The molecule has 2 aromatic rings. The summed E-state index contributed by atoms with van der Waals surface area (Å²) < 4.78 is 0. The van der Waals surface area contributed by atoms with Crippen molar-refractivity contribution >= 4 is 5.91 Å². The summed E-state index contributed by atoms with van der Waals surface area (Å²) in [6, 6.07) is 9.93. The van der Waals surface area contributed by atoms with Crippen molar-refractivity contribution in [3.8, 4) is 17.2 Å². The number of amides is 1. The number of hydrogen-bond donors (Lipinski definition) is 5. The second-order valence-electron chi connectivity index (χ2n) is 4.17. The lowest BCUT2D eigenvalue weighted by Crippen LogP contribution is -2.36. The molecule has 0 aliphatic rings. The number of aromatic hydroxyl groups is 3. The van der Waals surface area contributed by atoms with Crippen LogP contribution in [-0.4, -0.2) is 21.2 Å². The Morgan fingerprint density at radius 1 is 0.950 bits per heavy atom. The van der Waals surface area contributed by atoms with Gasteiger partial charge < -0.3 is 15.3 Å². The van der Waals surface area contributed by atoms with E-state index in [1.807, 2.05) is 0 Å². The Balaban J connectivity index is 1.91. The molecule has 0 aliphatic carbocycles. The predicted molar refractivity (Wildman–Crippen MR) is 72.2 cm³/mol. The summed E-state index contributed by atoms with van der Waals surface area (Å²) in [6.45, 7) is 0.157. The highest BCUT2D eigenvalue weighted by Crippen LogP contribution is 2.21. The SMILES string of the molecule is O=C(NNCc1cc(O)ccc1O)c1ccc(O)cc1. The van der Waals surface area contributed by atoms with Crippen molar-refractivity contribution in [2.45, 2.75) is 6.54 Å². The molecule has 0 radical (unpaired) electrons. The monoisotopic (exact) mass is 274 g/mol. The molecule has 1 amide bonds. The second kappa shape index (κ2) is 5.94. The number of carbonyl (C=O) groups is 1. The van der Waals surface area contributed by atoms with Crippen molar-refractivity contribution in [2.24, 2.45) is 0 Å². The fourth-order valence-corrected chi connectivity index (χ4v) is 1.62. The van der Waals surface area contributed by atoms with E-state index in [2.05, 4.69) is 10.9 Å². The number of phenolic OH excluding ortho intramolecular Hbond substituents is 3. The van der Waals surface area contributed by atoms with Crippen molar-refractivity contribution in [3.05, 3.63) is 53.6 Å². The van der Waals surface area contributed by atoms with Gasteiger partial charge in [0.25, 0.3) is 5.91 Å². The maximum Gasteiger partial charge on any atom is 0.265 e. The lowest BCUT2D eigenvalue weighted by molar-refractivity contribution is 0.0932. The summed E-state index contributed by atoms with van der Waals surface area (Å²) in [7, 11) is 0. The van der Waals surface area contributed by atoms with E-state index >= 15 is 0 Å². The fourth-order valence-electron chi connectivity index (χ4n) is 1.62. The van der Waals surface area contributed by atoms with Gasteiger partial charge >= 0.3 is 0 Å². The molecule has 5 N–H and O–H groups in total. The zero-order valence-electron chi connectivity index (χ0n) is 10.5. The highest BCUT2D eigenvalue weighted by molar-refractivity contribution is 5.93. The van der Waals surface area contributed by atoms with Crippen LogP contribution in [0.15, 0.2) is 42.5 Å². The first-order valence-electron chi connectivity index (χ1n) is 5.89. The highest BCUT2D eigenvalue weighted by atomic mass is 16.3. The summed E-state index contributed by atoms with van der Waals surface area (Å²) in [5.74, 6) is -0.234. The van der Waals surface area contributed by atoms with Gasteiger partial charge in [0, 0.05) is 17.7 Å². The standard InChI is InChI=1S/C14H14N2O4/c17-11-3-1-9(2-4-11)14(20)16-15-8-10-7-12(18)5-6-13(10)19/h1-7,15,17-19H,8H2,(H,16,20). The topological polar surface area (TPSA) is 102 Å². The van der Waals surface area contributed by atoms with Gasteiger partial charge in [-0.1, -0.05) is 0 Å². The van der Waals surface area contributed by atoms with Crippen LogP contribution >= 0.6 is 0 Å². The number of nitrogens with one attached hydrogen (secondary N) is 2. The van der Waals surface area contributed by atoms with Crippen molar-refractivity contribution < 1.29 is 20.1 Å². The van der Waals surface area contributed by atoms with Gasteiger partial charge in [0.15, 0.2) is 0 Å². The van der Waals surface area contributed by atoms with Gasteiger partial charge in [-0.25, -0.2) is 5.43 Å². The smallest absolute Gasteiger partial charge is 0.265 e. The van der Waals surface area contributed by atoms with Crippen molar-refractivity contribution in [1.29, 1.82) is 0 Å². The highest BCUT2D eigenvalue weighted by Gasteiger charge is 2.06. The second-order valence-corrected chi connectivity index (χ2v) is 4.17. The fraction of sp³-hybridized carbons (Fsp3) is 0.0714. The molecule has 0 fully saturated rings. The minimum Gasteiger partial charge on any atom is -0.508 e. The number of hydrogen-bond acceptors (Lipinski definition) is 5. The Labute approximate surface area is 115 Å². The molecule has 6 heteroatoms. The summed E-state index contributed by atoms with van der Waals surface area (Å²) in [6.07, 6.45) is 0. The van der Waals surface area contributed by atoms with E-state index < -0.39 is 0 Å². The average Bonchev–Trinajstić information content (AvgIpc) is 2.43. The molecular weight excluding hydrogens is 260 g/mol. The molecule has 104 valence electrons. The molecule has 0 spiro atoms. The summed E-state index contributed by atoms with van der Waals surface area (Å²) in [5.41, 5.74) is 5.94. The lowest BCUT2D eigenvalue weighted by atomic mass is 10.2. The summed E-state index contributed by atoms with van der Waals surface area (Å²) in [4.78, 5) is 11.7. The molecule has 0 atom stereocenters. The van der Waals surface area contributed by atoms with E-state index in [-0.39, 0.29) is 29.7 Å². The first-order chi connectivity index (χ1) is 9.56. The molecule has 0 heterocycles. The van der Waals surface area contributed by atoms with Gasteiger partial charge in [0.1, 0.15) is 17.2 Å². The number of rotatable bonds is 4. The van der Waals surface area contributed by atoms with E-state index in [4.69, 9.17) is 5.11 Å². The van der Waals surface area contributed by atoms with Gasteiger partial charge in [0.05, 0.1) is 0 Å². The molecule has 0 bridgehead atoms. The Kier molecular flexibility index (Phi) is 4.07. The number of benzene rings is 2. The van der Waals surface area contributed by atoms with Crippen LogP contribution in [0.5, 0.6) is 17.2 Å². The minimum absolute atomic E-state index is 0.0224. The lowest BCUT2D eigenvalue weighted by Gasteiger charge is -2.09. The third-order valence-electron chi connectivity index (χ3n) is 2.67. The third-order valence-corrected chi connectivity index (χ3v) is 2.67. The Bertz CT molecular complexity index is 611. The first-order valence-corrected chi connectivity index (χ1v) is 5.89. The Morgan fingerprint density at radius 3 is 2.30 bits per heavy atom. The Morgan fingerprint density at radius 2 is 1.60 bits per heavy atom. The predicted octanol–water partition coefficient (Wildman–Crippen LogP) is 1.24. The first kappa shape index (κ1) is 13.7. The van der Waals surface area contributed by atoms with Crippen molar-refractivity contribution in [2.75, 3.05) is 0 Å². The van der Waals surface area contributed by atoms with Crippen molar-refractivity contribution in [1.82, 2.24) is 10.9 Å². The van der Waals surface area contributed by atoms with Gasteiger partial charge in [-0.2, -0.15) is 0 Å². The van der Waals surface area contributed by atoms with E-state index in [0.29, 0.717) is 11.1 Å². The van der Waals surface area contributed by atoms with Gasteiger partial charge in [-0.15, -0.1) is 0 Å². The normalized spacial score (nSPS) is 10.2. The van der Waals surface area contributed by atoms with Crippen LogP contribution in [0.1, 0.15) is 15.9 Å². The molecule has 0 aromatic heterocycles. The molecule has 0 unspecified atom stereocenters. The maximum absolute atomic E-state index is 11.7. The molecular formula is C14H14N2O4. The van der Waals surface area contributed by atoms with E-state index in [9.17, 15) is 15.0 Å². The number of phenols is 3.